The molecule has 31 heavy (non-hydrogen) atoms. The third-order valence-corrected chi connectivity index (χ3v) is 4.06. The maximum Gasteiger partial charge on any atom is 0.356 e. The Hall–Kier alpha value is -3.99. The molecule has 0 aliphatic carbocycles. The first kappa shape index (κ1) is 21.7. The number of ether oxygens (including phenoxy) is 2. The van der Waals surface area contributed by atoms with Gasteiger partial charge in [-0.05, 0) is 39.0 Å². The number of hydrazone groups is 1. The smallest absolute Gasteiger partial charge is 0.356 e. The molecule has 11 nitrogen and oxygen atoms in total. The zero-order chi connectivity index (χ0) is 22.2. The van der Waals surface area contributed by atoms with Crippen molar-refractivity contribution in [3.05, 3.63) is 48.2 Å². The summed E-state index contributed by atoms with van der Waals surface area (Å²) in [5.74, 6) is 1.56. The number of hydrogen-bond acceptors (Lipinski definition) is 7. The number of nitrogens with one attached hydrogen (secondary N) is 3. The Morgan fingerprint density at radius 3 is 2.74 bits per heavy atom. The van der Waals surface area contributed by atoms with Crippen LogP contribution in [0.1, 0.15) is 26.3 Å². The molecule has 2 heterocycles. The number of nitrogens with zero attached hydrogens (tertiary/aromatic N) is 4. The summed E-state index contributed by atoms with van der Waals surface area (Å²) < 4.78 is 11.3. The van der Waals surface area contributed by atoms with E-state index in [4.69, 9.17) is 9.47 Å². The summed E-state index contributed by atoms with van der Waals surface area (Å²) in [6.45, 7) is 6.07. The largest absolute Gasteiger partial charge is 0.490 e. The summed E-state index contributed by atoms with van der Waals surface area (Å²) in [6, 6.07) is 9.57. The minimum Gasteiger partial charge on any atom is -0.490 e. The molecule has 3 N–H and O–H groups in total. The van der Waals surface area contributed by atoms with E-state index in [1.165, 1.54) is 5.01 Å². The number of carbonyl (C=O) groups is 2. The van der Waals surface area contributed by atoms with Crippen molar-refractivity contribution in [3.63, 3.8) is 0 Å². The number of hydrazine groups is 2. The highest BCUT2D eigenvalue weighted by molar-refractivity contribution is 6.04. The van der Waals surface area contributed by atoms with Gasteiger partial charge in [0.05, 0.1) is 24.6 Å². The molecule has 0 saturated heterocycles. The molecule has 0 fully saturated rings. The summed E-state index contributed by atoms with van der Waals surface area (Å²) in [4.78, 5) is 31.9. The van der Waals surface area contributed by atoms with E-state index >= 15 is 0 Å². The second-order valence-electron chi connectivity index (χ2n) is 6.46. The van der Waals surface area contributed by atoms with Gasteiger partial charge in [0.25, 0.3) is 0 Å². The topological polar surface area (TPSA) is 130 Å². The van der Waals surface area contributed by atoms with Gasteiger partial charge in [-0.25, -0.2) is 25.0 Å². The lowest BCUT2D eigenvalue weighted by Crippen LogP contribution is -2.57. The Kier molecular flexibility index (Phi) is 7.12. The Morgan fingerprint density at radius 1 is 1.26 bits per heavy atom. The molecular formula is C20H23N7O4. The highest BCUT2D eigenvalue weighted by atomic mass is 16.5. The van der Waals surface area contributed by atoms with Gasteiger partial charge in [-0.3, -0.25) is 5.43 Å². The van der Waals surface area contributed by atoms with Crippen LogP contribution in [-0.4, -0.2) is 46.6 Å². The Morgan fingerprint density at radius 2 is 2.03 bits per heavy atom. The van der Waals surface area contributed by atoms with Crippen LogP contribution in [0.5, 0.6) is 17.4 Å². The Bertz CT molecular complexity index is 1000. The summed E-state index contributed by atoms with van der Waals surface area (Å²) in [7, 11) is 0. The minimum absolute atomic E-state index is 0.229. The zero-order valence-corrected chi connectivity index (χ0v) is 17.4. The molecule has 1 aromatic carbocycles. The summed E-state index contributed by atoms with van der Waals surface area (Å²) in [5, 5.41) is 4.96. The van der Waals surface area contributed by atoms with Crippen molar-refractivity contribution in [2.45, 2.75) is 20.8 Å². The van der Waals surface area contributed by atoms with Crippen LogP contribution >= 0.6 is 0 Å². The van der Waals surface area contributed by atoms with Crippen LogP contribution in [0, 0.1) is 0 Å². The van der Waals surface area contributed by atoms with E-state index in [-0.39, 0.29) is 6.54 Å². The third kappa shape index (κ3) is 6.00. The van der Waals surface area contributed by atoms with Gasteiger partial charge in [0, 0.05) is 17.8 Å². The number of hydrogen-bond donors (Lipinski definition) is 3. The number of aromatic nitrogens is 1. The molecular weight excluding hydrogens is 402 g/mol. The predicted octanol–water partition coefficient (Wildman–Crippen LogP) is 2.61. The number of amides is 4. The maximum absolute atomic E-state index is 12.1. The van der Waals surface area contributed by atoms with E-state index in [2.05, 4.69) is 31.5 Å². The van der Waals surface area contributed by atoms with Crippen LogP contribution in [0.25, 0.3) is 0 Å². The Balaban J connectivity index is 1.58. The van der Waals surface area contributed by atoms with Crippen molar-refractivity contribution in [2.75, 3.05) is 13.2 Å². The first-order chi connectivity index (χ1) is 15.0. The number of rotatable bonds is 7. The number of urea groups is 2. The van der Waals surface area contributed by atoms with E-state index in [0.717, 1.165) is 0 Å². The van der Waals surface area contributed by atoms with Crippen LogP contribution in [-0.2, 0) is 0 Å². The van der Waals surface area contributed by atoms with Gasteiger partial charge in [0.1, 0.15) is 0 Å². The van der Waals surface area contributed by atoms with Crippen LogP contribution in [0.3, 0.4) is 0 Å². The minimum atomic E-state index is -0.670. The fourth-order valence-corrected chi connectivity index (χ4v) is 2.57. The molecule has 2 aromatic rings. The molecule has 0 saturated carbocycles. The lowest BCUT2D eigenvalue weighted by Gasteiger charge is -2.25. The van der Waals surface area contributed by atoms with Crippen LogP contribution < -0.4 is 25.9 Å². The average Bonchev–Trinajstić information content (AvgIpc) is 2.76. The standard InChI is InChI=1S/C20H23N7O4/c1-4-30-16-7-5-6-8-17(16)31-18-10-9-15(11-21-18)14(3)22-19(28)24-26-27-12-13(2)23-25-20(27)29/h5-11,26H,4,12H2,1-3H3,(H,24,28)(H,25,29)/b22-14+. The average molecular weight is 425 g/mol. The van der Waals surface area contributed by atoms with Crippen LogP contribution in [0.2, 0.25) is 0 Å². The van der Waals surface area contributed by atoms with E-state index < -0.39 is 12.1 Å². The van der Waals surface area contributed by atoms with E-state index in [0.29, 0.717) is 41.0 Å². The lowest BCUT2D eigenvalue weighted by atomic mass is 10.2. The Labute approximate surface area is 179 Å². The molecule has 1 aliphatic rings. The van der Waals surface area contributed by atoms with Gasteiger partial charge in [-0.1, -0.05) is 12.1 Å². The number of para-hydroxylation sites is 2. The lowest BCUT2D eigenvalue weighted by molar-refractivity contribution is 0.163. The number of benzene rings is 1. The van der Waals surface area contributed by atoms with E-state index in [1.54, 1.807) is 38.2 Å². The fraction of sp³-hybridized carbons (Fsp3) is 0.250. The summed E-state index contributed by atoms with van der Waals surface area (Å²) in [6.07, 6.45) is 1.55. The highest BCUT2D eigenvalue weighted by Crippen LogP contribution is 2.30. The molecule has 0 unspecified atom stereocenters. The molecule has 0 atom stereocenters. The maximum atomic E-state index is 12.1. The second kappa shape index (κ2) is 10.2. The van der Waals surface area contributed by atoms with E-state index in [9.17, 15) is 9.59 Å². The molecule has 1 aromatic heterocycles. The van der Waals surface area contributed by atoms with Gasteiger partial charge in [-0.15, -0.1) is 5.53 Å². The number of pyridine rings is 1. The van der Waals surface area contributed by atoms with E-state index in [1.807, 2.05) is 25.1 Å². The van der Waals surface area contributed by atoms with Crippen LogP contribution in [0.4, 0.5) is 9.59 Å². The van der Waals surface area contributed by atoms with Gasteiger partial charge in [0.15, 0.2) is 11.5 Å². The zero-order valence-electron chi connectivity index (χ0n) is 17.4. The molecule has 1 aliphatic heterocycles. The van der Waals surface area contributed by atoms with Crippen molar-refractivity contribution >= 4 is 23.5 Å². The molecule has 11 heteroatoms. The van der Waals surface area contributed by atoms with Crippen LogP contribution in [0.15, 0.2) is 52.7 Å². The highest BCUT2D eigenvalue weighted by Gasteiger charge is 2.18. The second-order valence-corrected chi connectivity index (χ2v) is 6.46. The molecule has 0 radical (unpaired) electrons. The molecule has 0 bridgehead atoms. The number of carbonyl (C=O) groups excluding carboxylic acids is 2. The quantitative estimate of drug-likeness (QED) is 0.462. The molecule has 4 amide bonds. The summed E-state index contributed by atoms with van der Waals surface area (Å²) in [5.41, 5.74) is 8.90. The van der Waals surface area contributed by atoms with Crippen molar-refractivity contribution in [1.29, 1.82) is 0 Å². The molecule has 3 rings (SSSR count). The summed E-state index contributed by atoms with van der Waals surface area (Å²) >= 11 is 0. The molecule has 0 spiro atoms. The van der Waals surface area contributed by atoms with Crippen molar-refractivity contribution < 1.29 is 19.1 Å². The predicted molar refractivity (Wildman–Crippen MR) is 114 cm³/mol. The van der Waals surface area contributed by atoms with Gasteiger partial charge in [-0.2, -0.15) is 10.1 Å². The monoisotopic (exact) mass is 425 g/mol. The SMILES string of the molecule is CCOc1ccccc1Oc1ccc(/C(C)=N/C(=O)NNN2CC(C)=NNC2=O)cn1. The van der Waals surface area contributed by atoms with Crippen molar-refractivity contribution in [2.24, 2.45) is 10.1 Å². The van der Waals surface area contributed by atoms with Gasteiger partial charge >= 0.3 is 12.1 Å². The fourth-order valence-electron chi connectivity index (χ4n) is 2.57. The first-order valence-electron chi connectivity index (χ1n) is 9.54. The first-order valence-corrected chi connectivity index (χ1v) is 9.54. The third-order valence-electron chi connectivity index (χ3n) is 4.06. The molecule has 162 valence electrons. The normalized spacial score (nSPS) is 13.9. The van der Waals surface area contributed by atoms with Gasteiger partial charge < -0.3 is 9.47 Å². The number of aliphatic imine (C=N–C) groups is 1. The van der Waals surface area contributed by atoms with Crippen molar-refractivity contribution in [3.8, 4) is 17.4 Å². The van der Waals surface area contributed by atoms with Crippen molar-refractivity contribution in [1.82, 2.24) is 26.4 Å². The van der Waals surface area contributed by atoms with Gasteiger partial charge in [0.2, 0.25) is 5.88 Å².